The molecule has 100 valence electrons. The van der Waals surface area contributed by atoms with Crippen LogP contribution in [0.2, 0.25) is 0 Å². The molecule has 0 bridgehead atoms. The Balaban J connectivity index is 1.81. The smallest absolute Gasteiger partial charge is 0.117 e. The first-order valence-electron chi connectivity index (χ1n) is 6.62. The van der Waals surface area contributed by atoms with Crippen molar-refractivity contribution in [2.45, 2.75) is 0 Å². The third-order valence-corrected chi connectivity index (χ3v) is 3.34. The molecular weight excluding hydrogens is 262 g/mol. The summed E-state index contributed by atoms with van der Waals surface area (Å²) in [7, 11) is 0. The van der Waals surface area contributed by atoms with E-state index in [1.165, 1.54) is 4.79 Å². The molecule has 1 aromatic heterocycles. The number of hydrogen-bond donors (Lipinski definition) is 0. The first-order valence-corrected chi connectivity index (χ1v) is 6.62. The summed E-state index contributed by atoms with van der Waals surface area (Å²) in [5.41, 5.74) is 2.45. The van der Waals surface area contributed by atoms with E-state index in [1.54, 1.807) is 0 Å². The van der Waals surface area contributed by atoms with Crippen LogP contribution in [0.3, 0.4) is 0 Å². The second-order valence-electron chi connectivity index (χ2n) is 4.66. The second-order valence-corrected chi connectivity index (χ2v) is 4.66. The second kappa shape index (κ2) is 4.79. The molecule has 0 unspecified atom stereocenters. The zero-order valence-electron chi connectivity index (χ0n) is 11.1. The zero-order chi connectivity index (χ0) is 14.1. The summed E-state index contributed by atoms with van der Waals surface area (Å²) in [5.74, 6) is 0. The highest BCUT2D eigenvalue weighted by Gasteiger charge is 2.02. The molecule has 0 saturated heterocycles. The zero-order valence-corrected chi connectivity index (χ0v) is 11.1. The van der Waals surface area contributed by atoms with Gasteiger partial charge in [-0.05, 0) is 34.0 Å². The number of fused-ring (bicyclic) bond motifs is 2. The number of aromatic nitrogens is 3. The van der Waals surface area contributed by atoms with E-state index in [0.717, 1.165) is 27.5 Å². The Hall–Kier alpha value is -3.08. The van der Waals surface area contributed by atoms with Gasteiger partial charge in [0.25, 0.3) is 0 Å². The molecule has 4 rings (SSSR count). The van der Waals surface area contributed by atoms with Gasteiger partial charge < -0.3 is 0 Å². The van der Waals surface area contributed by atoms with E-state index in [2.05, 4.69) is 32.8 Å². The highest BCUT2D eigenvalue weighted by atomic mass is 15.6. The minimum absolute atomic E-state index is 0.800. The van der Waals surface area contributed by atoms with Gasteiger partial charge in [-0.3, -0.25) is 0 Å². The van der Waals surface area contributed by atoms with Crippen LogP contribution in [0.1, 0.15) is 0 Å². The Labute approximate surface area is 120 Å². The van der Waals surface area contributed by atoms with E-state index < -0.39 is 0 Å². The summed E-state index contributed by atoms with van der Waals surface area (Å²) in [5, 5.41) is 18.7. The molecule has 0 saturated carbocycles. The molecule has 0 radical (unpaired) electrons. The lowest BCUT2D eigenvalue weighted by Crippen LogP contribution is -1.89. The number of nitrogens with zero attached hydrogens (tertiary/aromatic N) is 5. The summed E-state index contributed by atoms with van der Waals surface area (Å²) in [6.45, 7) is 0. The Morgan fingerprint density at radius 3 is 2.62 bits per heavy atom. The van der Waals surface area contributed by atoms with Crippen molar-refractivity contribution in [3.63, 3.8) is 0 Å². The van der Waals surface area contributed by atoms with Gasteiger partial charge in [0, 0.05) is 5.39 Å². The third-order valence-electron chi connectivity index (χ3n) is 3.34. The molecule has 0 fully saturated rings. The molecule has 4 aromatic rings. The summed E-state index contributed by atoms with van der Waals surface area (Å²) >= 11 is 0. The van der Waals surface area contributed by atoms with Crippen molar-refractivity contribution in [1.82, 2.24) is 15.1 Å². The number of benzene rings is 3. The maximum atomic E-state index is 4.31. The molecule has 5 heteroatoms. The number of hydrogen-bond acceptors (Lipinski definition) is 4. The lowest BCUT2D eigenvalue weighted by Gasteiger charge is -1.99. The van der Waals surface area contributed by atoms with Crippen molar-refractivity contribution in [3.8, 4) is 0 Å². The van der Waals surface area contributed by atoms with Crippen molar-refractivity contribution >= 4 is 27.5 Å². The van der Waals surface area contributed by atoms with Crippen molar-refractivity contribution in [3.05, 3.63) is 66.7 Å². The Bertz CT molecular complexity index is 950. The van der Waals surface area contributed by atoms with E-state index in [1.807, 2.05) is 54.6 Å². The molecule has 0 atom stereocenters. The minimum atomic E-state index is 0.800. The molecule has 0 amide bonds. The third kappa shape index (κ3) is 2.04. The van der Waals surface area contributed by atoms with Gasteiger partial charge in [0.05, 0.1) is 5.69 Å². The van der Waals surface area contributed by atoms with Crippen molar-refractivity contribution in [1.29, 1.82) is 0 Å². The standard InChI is InChI=1S/C16H11N5/c1-2-8-13-12(6-1)7-5-10-14(13)17-19-21-16-11-4-3-9-15(16)18-20-21/h1-11H. The summed E-state index contributed by atoms with van der Waals surface area (Å²) in [6.07, 6.45) is 0. The maximum absolute atomic E-state index is 4.31. The highest BCUT2D eigenvalue weighted by molar-refractivity contribution is 5.92. The fourth-order valence-electron chi connectivity index (χ4n) is 2.31. The fourth-order valence-corrected chi connectivity index (χ4v) is 2.31. The Morgan fingerprint density at radius 2 is 1.62 bits per heavy atom. The van der Waals surface area contributed by atoms with E-state index >= 15 is 0 Å². The van der Waals surface area contributed by atoms with Crippen LogP contribution in [0.15, 0.2) is 77.1 Å². The predicted octanol–water partition coefficient (Wildman–Crippen LogP) is 4.13. The summed E-state index contributed by atoms with van der Waals surface area (Å²) in [6, 6.07) is 21.7. The topological polar surface area (TPSA) is 55.4 Å². The van der Waals surface area contributed by atoms with E-state index in [0.29, 0.717) is 0 Å². The van der Waals surface area contributed by atoms with E-state index in [4.69, 9.17) is 0 Å². The van der Waals surface area contributed by atoms with Crippen LogP contribution in [0.4, 0.5) is 5.69 Å². The molecule has 0 spiro atoms. The van der Waals surface area contributed by atoms with Crippen LogP contribution in [-0.4, -0.2) is 15.1 Å². The van der Waals surface area contributed by atoms with Gasteiger partial charge in [0.2, 0.25) is 0 Å². The maximum Gasteiger partial charge on any atom is 0.117 e. The Kier molecular flexibility index (Phi) is 2.67. The molecule has 1 heterocycles. The van der Waals surface area contributed by atoms with Crippen molar-refractivity contribution < 1.29 is 0 Å². The lowest BCUT2D eigenvalue weighted by atomic mass is 10.1. The monoisotopic (exact) mass is 273 g/mol. The average Bonchev–Trinajstić information content (AvgIpc) is 2.96. The number of para-hydroxylation sites is 1. The minimum Gasteiger partial charge on any atom is -0.130 e. The van der Waals surface area contributed by atoms with Crippen LogP contribution in [0.5, 0.6) is 0 Å². The summed E-state index contributed by atoms with van der Waals surface area (Å²) in [4.78, 5) is 1.44. The Morgan fingerprint density at radius 1 is 0.810 bits per heavy atom. The average molecular weight is 273 g/mol. The molecule has 0 aliphatic heterocycles. The summed E-state index contributed by atoms with van der Waals surface area (Å²) < 4.78 is 0. The normalized spacial score (nSPS) is 11.6. The van der Waals surface area contributed by atoms with Gasteiger partial charge in [-0.2, -0.15) is 0 Å². The molecule has 5 nitrogen and oxygen atoms in total. The molecular formula is C16H11N5. The van der Waals surface area contributed by atoms with Gasteiger partial charge in [0.1, 0.15) is 11.0 Å². The quantitative estimate of drug-likeness (QED) is 0.515. The molecule has 0 N–H and O–H groups in total. The van der Waals surface area contributed by atoms with Crippen molar-refractivity contribution in [2.75, 3.05) is 0 Å². The van der Waals surface area contributed by atoms with Crippen LogP contribution in [0.25, 0.3) is 21.8 Å². The lowest BCUT2D eigenvalue weighted by molar-refractivity contribution is 0.675. The molecule has 0 aliphatic carbocycles. The first kappa shape index (κ1) is 11.7. The molecule has 0 aliphatic rings. The van der Waals surface area contributed by atoms with Gasteiger partial charge in [-0.25, -0.2) is 0 Å². The highest BCUT2D eigenvalue weighted by Crippen LogP contribution is 2.26. The number of rotatable bonds is 2. The molecule has 21 heavy (non-hydrogen) atoms. The van der Waals surface area contributed by atoms with E-state index in [-0.39, 0.29) is 0 Å². The van der Waals surface area contributed by atoms with Gasteiger partial charge in [-0.1, -0.05) is 48.5 Å². The van der Waals surface area contributed by atoms with Crippen LogP contribution in [0, 0.1) is 0 Å². The SMILES string of the molecule is c1ccc2c(N=Nn3nnc4ccccc43)cccc2c1. The van der Waals surface area contributed by atoms with Crippen LogP contribution < -0.4 is 0 Å². The van der Waals surface area contributed by atoms with Gasteiger partial charge >= 0.3 is 0 Å². The fraction of sp³-hybridized carbons (Fsp3) is 0. The largest absolute Gasteiger partial charge is 0.130 e. The van der Waals surface area contributed by atoms with E-state index in [9.17, 15) is 0 Å². The van der Waals surface area contributed by atoms with Crippen LogP contribution >= 0.6 is 0 Å². The van der Waals surface area contributed by atoms with Crippen LogP contribution in [-0.2, 0) is 0 Å². The van der Waals surface area contributed by atoms with Gasteiger partial charge in [-0.15, -0.1) is 15.0 Å². The predicted molar refractivity (Wildman–Crippen MR) is 81.4 cm³/mol. The first-order chi connectivity index (χ1) is 10.4. The molecule has 3 aromatic carbocycles. The van der Waals surface area contributed by atoms with Gasteiger partial charge in [0.15, 0.2) is 0 Å². The van der Waals surface area contributed by atoms with Crippen molar-refractivity contribution in [2.24, 2.45) is 10.3 Å².